The molecular formula is C5H10NiO2S2. The summed E-state index contributed by atoms with van der Waals surface area (Å²) in [6.07, 6.45) is 0. The summed E-state index contributed by atoms with van der Waals surface area (Å²) in [6, 6.07) is 0. The average molecular weight is 225 g/mol. The minimum absolute atomic E-state index is 0. The van der Waals surface area contributed by atoms with Gasteiger partial charge in [-0.05, 0) is 19.1 Å². The molecule has 0 N–H and O–H groups in total. The molecule has 0 aromatic carbocycles. The van der Waals surface area contributed by atoms with Gasteiger partial charge in [-0.2, -0.15) is 0 Å². The zero-order chi connectivity index (χ0) is 7.11. The van der Waals surface area contributed by atoms with Crippen molar-refractivity contribution in [3.05, 3.63) is 0 Å². The molecule has 64 valence electrons. The van der Waals surface area contributed by atoms with E-state index in [1.807, 2.05) is 6.92 Å². The molecule has 0 heterocycles. The fraction of sp³-hybridized carbons (Fsp3) is 0.800. The van der Waals surface area contributed by atoms with Crippen LogP contribution in [0.4, 0.5) is 0 Å². The topological polar surface area (TPSA) is 18.5 Å². The van der Waals surface area contributed by atoms with Gasteiger partial charge >= 0.3 is 0 Å². The van der Waals surface area contributed by atoms with Gasteiger partial charge in [-0.15, -0.1) is 0 Å². The van der Waals surface area contributed by atoms with Crippen LogP contribution in [-0.4, -0.2) is 24.2 Å². The standard InChI is InChI=1S/C5H10O2S2.Ni/c1-2-6-3-4-7-5(8)9;/h2-4H2,1H3,(H,8,9);. The smallest absolute Gasteiger partial charge is 0.216 e. The average Bonchev–Trinajstić information content (AvgIpc) is 1.80. The number of hydrogen-bond donors (Lipinski definition) is 1. The van der Waals surface area contributed by atoms with E-state index >= 15 is 0 Å². The molecule has 0 aliphatic rings. The van der Waals surface area contributed by atoms with Crippen LogP contribution in [-0.2, 0) is 26.0 Å². The Morgan fingerprint density at radius 2 is 2.10 bits per heavy atom. The number of thiol groups is 1. The first-order valence-electron chi connectivity index (χ1n) is 2.70. The molecule has 0 aliphatic heterocycles. The summed E-state index contributed by atoms with van der Waals surface area (Å²) in [5.41, 5.74) is 0. The molecule has 0 saturated heterocycles. The molecule has 0 aromatic rings. The molecule has 0 fully saturated rings. The van der Waals surface area contributed by atoms with Gasteiger partial charge in [0.2, 0.25) is 4.38 Å². The van der Waals surface area contributed by atoms with E-state index in [1.54, 1.807) is 0 Å². The minimum atomic E-state index is 0. The molecule has 0 atom stereocenters. The Labute approximate surface area is 82.0 Å². The van der Waals surface area contributed by atoms with Gasteiger partial charge in [-0.3, -0.25) is 0 Å². The van der Waals surface area contributed by atoms with Crippen LogP contribution in [0, 0.1) is 0 Å². The summed E-state index contributed by atoms with van der Waals surface area (Å²) in [5, 5.41) is 0. The third kappa shape index (κ3) is 11.5. The van der Waals surface area contributed by atoms with Crippen LogP contribution in [0.15, 0.2) is 0 Å². The first-order chi connectivity index (χ1) is 4.27. The summed E-state index contributed by atoms with van der Waals surface area (Å²) in [5.74, 6) is 0. The predicted octanol–water partition coefficient (Wildman–Crippen LogP) is 1.25. The fourth-order valence-corrected chi connectivity index (χ4v) is 0.507. The predicted molar refractivity (Wildman–Crippen MR) is 44.0 cm³/mol. The molecule has 0 bridgehead atoms. The second-order valence-corrected chi connectivity index (χ2v) is 2.39. The maximum absolute atomic E-state index is 4.97. The Kier molecular flexibility index (Phi) is 12.9. The molecule has 0 aromatic heterocycles. The third-order valence-electron chi connectivity index (χ3n) is 0.657. The monoisotopic (exact) mass is 224 g/mol. The van der Waals surface area contributed by atoms with E-state index in [2.05, 4.69) is 24.8 Å². The molecule has 0 radical (unpaired) electrons. The van der Waals surface area contributed by atoms with Gasteiger partial charge < -0.3 is 9.47 Å². The van der Waals surface area contributed by atoms with Crippen molar-refractivity contribution in [3.63, 3.8) is 0 Å². The zero-order valence-corrected chi connectivity index (χ0v) is 8.31. The number of rotatable bonds is 4. The normalized spacial score (nSPS) is 8.20. The summed E-state index contributed by atoms with van der Waals surface area (Å²) in [7, 11) is 0. The Balaban J connectivity index is 0. The van der Waals surface area contributed by atoms with Crippen LogP contribution in [0.3, 0.4) is 0 Å². The van der Waals surface area contributed by atoms with Gasteiger partial charge in [0.25, 0.3) is 0 Å². The second kappa shape index (κ2) is 9.69. The molecule has 0 spiro atoms. The van der Waals surface area contributed by atoms with Crippen LogP contribution in [0.2, 0.25) is 0 Å². The molecule has 0 saturated carbocycles. The quantitative estimate of drug-likeness (QED) is 0.336. The van der Waals surface area contributed by atoms with E-state index in [1.165, 1.54) is 0 Å². The van der Waals surface area contributed by atoms with Gasteiger partial charge in [0.05, 0.1) is 6.61 Å². The van der Waals surface area contributed by atoms with Crippen LogP contribution in [0.1, 0.15) is 6.92 Å². The minimum Gasteiger partial charge on any atom is -0.476 e. The Bertz CT molecular complexity index is 89.7. The Hall–Kier alpha value is 0.694. The summed E-state index contributed by atoms with van der Waals surface area (Å²) < 4.78 is 10.1. The van der Waals surface area contributed by atoms with E-state index in [-0.39, 0.29) is 20.9 Å². The number of ether oxygens (including phenoxy) is 2. The van der Waals surface area contributed by atoms with Gasteiger partial charge in [-0.25, -0.2) is 0 Å². The molecule has 0 amide bonds. The van der Waals surface area contributed by atoms with E-state index in [0.717, 1.165) is 0 Å². The summed E-state index contributed by atoms with van der Waals surface area (Å²) >= 11 is 8.29. The van der Waals surface area contributed by atoms with E-state index in [4.69, 9.17) is 9.47 Å². The number of hydrogen-bond acceptors (Lipinski definition) is 3. The van der Waals surface area contributed by atoms with Crippen molar-refractivity contribution in [1.82, 2.24) is 0 Å². The fourth-order valence-electron chi connectivity index (χ4n) is 0.332. The molecule has 5 heteroatoms. The molecular weight excluding hydrogens is 215 g/mol. The van der Waals surface area contributed by atoms with Gasteiger partial charge in [0.15, 0.2) is 0 Å². The van der Waals surface area contributed by atoms with Crippen molar-refractivity contribution in [2.75, 3.05) is 19.8 Å². The van der Waals surface area contributed by atoms with Gasteiger partial charge in [0, 0.05) is 23.1 Å². The number of thiocarbonyl (C=S) groups is 1. The Morgan fingerprint density at radius 1 is 1.50 bits per heavy atom. The van der Waals surface area contributed by atoms with Crippen molar-refractivity contribution in [3.8, 4) is 0 Å². The van der Waals surface area contributed by atoms with Crippen molar-refractivity contribution in [2.45, 2.75) is 6.92 Å². The molecule has 0 aliphatic carbocycles. The molecule has 2 nitrogen and oxygen atoms in total. The summed E-state index contributed by atoms with van der Waals surface area (Å²) in [6.45, 7) is 3.72. The van der Waals surface area contributed by atoms with E-state index in [9.17, 15) is 0 Å². The first kappa shape index (κ1) is 13.3. The van der Waals surface area contributed by atoms with Crippen LogP contribution in [0.5, 0.6) is 0 Å². The first-order valence-corrected chi connectivity index (χ1v) is 3.56. The maximum atomic E-state index is 4.97. The largest absolute Gasteiger partial charge is 0.476 e. The maximum Gasteiger partial charge on any atom is 0.216 e. The Morgan fingerprint density at radius 3 is 2.50 bits per heavy atom. The molecule has 0 unspecified atom stereocenters. The van der Waals surface area contributed by atoms with E-state index < -0.39 is 0 Å². The van der Waals surface area contributed by atoms with Crippen LogP contribution in [0.25, 0.3) is 0 Å². The van der Waals surface area contributed by atoms with Crippen LogP contribution >= 0.6 is 24.8 Å². The van der Waals surface area contributed by atoms with Gasteiger partial charge in [-0.1, -0.05) is 12.6 Å². The van der Waals surface area contributed by atoms with Crippen molar-refractivity contribution < 1.29 is 26.0 Å². The van der Waals surface area contributed by atoms with Gasteiger partial charge in [0.1, 0.15) is 6.61 Å². The van der Waals surface area contributed by atoms with Crippen molar-refractivity contribution in [1.29, 1.82) is 0 Å². The van der Waals surface area contributed by atoms with Crippen molar-refractivity contribution >= 4 is 29.2 Å². The SMILES string of the molecule is CCOCCOC(=S)S.[Ni]. The molecule has 0 rings (SSSR count). The van der Waals surface area contributed by atoms with Crippen LogP contribution < -0.4 is 0 Å². The molecule has 10 heavy (non-hydrogen) atoms. The van der Waals surface area contributed by atoms with Crippen molar-refractivity contribution in [2.24, 2.45) is 0 Å². The third-order valence-corrected chi connectivity index (χ3v) is 0.904. The zero-order valence-electron chi connectivity index (χ0n) is 5.61. The summed E-state index contributed by atoms with van der Waals surface area (Å²) in [4.78, 5) is 0. The van der Waals surface area contributed by atoms with E-state index in [0.29, 0.717) is 19.8 Å². The second-order valence-electron chi connectivity index (χ2n) is 1.31.